The van der Waals surface area contributed by atoms with Crippen molar-refractivity contribution in [3.05, 3.63) is 17.1 Å². The Morgan fingerprint density at radius 3 is 2.95 bits per heavy atom. The van der Waals surface area contributed by atoms with Crippen LogP contribution in [0.1, 0.15) is 62.5 Å². The van der Waals surface area contributed by atoms with E-state index in [4.69, 9.17) is 9.97 Å². The van der Waals surface area contributed by atoms with Gasteiger partial charge in [-0.3, -0.25) is 0 Å². The summed E-state index contributed by atoms with van der Waals surface area (Å²) in [6.07, 6.45) is 5.23. The van der Waals surface area contributed by atoms with Crippen molar-refractivity contribution >= 4 is 17.6 Å². The highest BCUT2D eigenvalue weighted by atomic mass is 32.2. The molecule has 0 radical (unpaired) electrons. The number of fused-ring (bicyclic) bond motifs is 1. The van der Waals surface area contributed by atoms with Gasteiger partial charge in [0.1, 0.15) is 11.6 Å². The Labute approximate surface area is 120 Å². The first-order chi connectivity index (χ1) is 9.28. The van der Waals surface area contributed by atoms with Gasteiger partial charge in [0.15, 0.2) is 0 Å². The lowest BCUT2D eigenvalue weighted by Crippen LogP contribution is -2.16. The summed E-state index contributed by atoms with van der Waals surface area (Å²) in [7, 11) is 0. The Morgan fingerprint density at radius 2 is 2.16 bits per heavy atom. The zero-order valence-electron chi connectivity index (χ0n) is 11.9. The molecule has 0 spiro atoms. The van der Waals surface area contributed by atoms with Gasteiger partial charge in [-0.2, -0.15) is 11.8 Å². The SMILES string of the molecule is CCNc1nc(C2CCCC(C)C2)nc2c1CSC2. The summed E-state index contributed by atoms with van der Waals surface area (Å²) < 4.78 is 0. The van der Waals surface area contributed by atoms with Gasteiger partial charge in [-0.05, 0) is 25.7 Å². The third kappa shape index (κ3) is 2.73. The number of nitrogens with zero attached hydrogens (tertiary/aromatic N) is 2. The molecular formula is C15H23N3S. The highest BCUT2D eigenvalue weighted by Gasteiger charge is 2.26. The minimum absolute atomic E-state index is 0.581. The highest BCUT2D eigenvalue weighted by Crippen LogP contribution is 2.38. The van der Waals surface area contributed by atoms with E-state index in [1.54, 1.807) is 0 Å². The van der Waals surface area contributed by atoms with Crippen LogP contribution in [-0.2, 0) is 11.5 Å². The van der Waals surface area contributed by atoms with Crippen molar-refractivity contribution in [1.29, 1.82) is 0 Å². The minimum atomic E-state index is 0.581. The number of hydrogen-bond donors (Lipinski definition) is 1. The van der Waals surface area contributed by atoms with Crippen LogP contribution in [0.15, 0.2) is 0 Å². The summed E-state index contributed by atoms with van der Waals surface area (Å²) >= 11 is 1.96. The number of rotatable bonds is 3. The Balaban J connectivity index is 1.91. The van der Waals surface area contributed by atoms with Crippen LogP contribution in [0.3, 0.4) is 0 Å². The van der Waals surface area contributed by atoms with Gasteiger partial charge in [-0.1, -0.05) is 19.8 Å². The van der Waals surface area contributed by atoms with Gasteiger partial charge in [0, 0.05) is 29.5 Å². The molecule has 1 aliphatic carbocycles. The van der Waals surface area contributed by atoms with E-state index in [0.717, 1.165) is 35.6 Å². The van der Waals surface area contributed by atoms with Crippen molar-refractivity contribution in [2.45, 2.75) is 57.0 Å². The van der Waals surface area contributed by atoms with E-state index < -0.39 is 0 Å². The molecule has 1 fully saturated rings. The van der Waals surface area contributed by atoms with Crippen LogP contribution in [0.5, 0.6) is 0 Å². The lowest BCUT2D eigenvalue weighted by atomic mass is 9.82. The first kappa shape index (κ1) is 13.2. The summed E-state index contributed by atoms with van der Waals surface area (Å²) in [5.41, 5.74) is 2.63. The molecule has 2 heterocycles. The summed E-state index contributed by atoms with van der Waals surface area (Å²) in [4.78, 5) is 9.74. The molecule has 1 aliphatic heterocycles. The maximum atomic E-state index is 4.88. The topological polar surface area (TPSA) is 37.8 Å². The van der Waals surface area contributed by atoms with Gasteiger partial charge in [0.05, 0.1) is 5.69 Å². The minimum Gasteiger partial charge on any atom is -0.370 e. The van der Waals surface area contributed by atoms with Gasteiger partial charge in [-0.15, -0.1) is 0 Å². The molecule has 4 heteroatoms. The van der Waals surface area contributed by atoms with E-state index in [-0.39, 0.29) is 0 Å². The number of thioether (sulfide) groups is 1. The molecule has 0 bridgehead atoms. The number of nitrogens with one attached hydrogen (secondary N) is 1. The number of aromatic nitrogens is 2. The first-order valence-corrected chi connectivity index (χ1v) is 8.64. The summed E-state index contributed by atoms with van der Waals surface area (Å²) in [6, 6.07) is 0. The molecular weight excluding hydrogens is 254 g/mol. The molecule has 3 nitrogen and oxygen atoms in total. The zero-order chi connectivity index (χ0) is 13.2. The molecule has 0 aromatic carbocycles. The van der Waals surface area contributed by atoms with Crippen LogP contribution in [0.4, 0.5) is 5.82 Å². The fraction of sp³-hybridized carbons (Fsp3) is 0.733. The van der Waals surface area contributed by atoms with E-state index in [0.29, 0.717) is 5.92 Å². The molecule has 2 aliphatic rings. The average Bonchev–Trinajstić information content (AvgIpc) is 2.87. The van der Waals surface area contributed by atoms with Crippen LogP contribution < -0.4 is 5.32 Å². The Morgan fingerprint density at radius 1 is 1.26 bits per heavy atom. The predicted molar refractivity (Wildman–Crippen MR) is 81.6 cm³/mol. The van der Waals surface area contributed by atoms with Crippen molar-refractivity contribution in [3.8, 4) is 0 Å². The van der Waals surface area contributed by atoms with Crippen LogP contribution in [-0.4, -0.2) is 16.5 Å². The van der Waals surface area contributed by atoms with Crippen molar-refractivity contribution in [1.82, 2.24) is 9.97 Å². The van der Waals surface area contributed by atoms with Crippen LogP contribution in [0.2, 0.25) is 0 Å². The summed E-state index contributed by atoms with van der Waals surface area (Å²) in [6.45, 7) is 5.44. The molecule has 1 saturated carbocycles. The molecule has 1 aromatic rings. The summed E-state index contributed by atoms with van der Waals surface area (Å²) in [5, 5.41) is 3.43. The van der Waals surface area contributed by atoms with E-state index in [2.05, 4.69) is 19.2 Å². The van der Waals surface area contributed by atoms with Gasteiger partial charge in [-0.25, -0.2) is 9.97 Å². The maximum Gasteiger partial charge on any atom is 0.134 e. The standard InChI is InChI=1S/C15H23N3S/c1-3-16-15-12-8-19-9-13(12)17-14(18-15)11-6-4-5-10(2)7-11/h10-11H,3-9H2,1-2H3,(H,16,17,18). The fourth-order valence-corrected chi connectivity index (χ4v) is 4.28. The normalized spacial score (nSPS) is 26.2. The second-order valence-corrected chi connectivity index (χ2v) is 6.83. The predicted octanol–water partition coefficient (Wildman–Crippen LogP) is 3.95. The molecule has 2 atom stereocenters. The zero-order valence-corrected chi connectivity index (χ0v) is 12.7. The Kier molecular flexibility index (Phi) is 3.96. The van der Waals surface area contributed by atoms with Crippen molar-refractivity contribution in [2.24, 2.45) is 5.92 Å². The second-order valence-electron chi connectivity index (χ2n) is 5.85. The average molecular weight is 277 g/mol. The molecule has 0 saturated heterocycles. The largest absolute Gasteiger partial charge is 0.370 e. The van der Waals surface area contributed by atoms with E-state index in [1.807, 2.05) is 11.8 Å². The Bertz CT molecular complexity index is 461. The van der Waals surface area contributed by atoms with Crippen molar-refractivity contribution in [3.63, 3.8) is 0 Å². The number of anilines is 1. The van der Waals surface area contributed by atoms with Crippen LogP contribution in [0.25, 0.3) is 0 Å². The molecule has 19 heavy (non-hydrogen) atoms. The summed E-state index contributed by atoms with van der Waals surface area (Å²) in [5.74, 6) is 5.74. The van der Waals surface area contributed by atoms with E-state index in [9.17, 15) is 0 Å². The van der Waals surface area contributed by atoms with Crippen molar-refractivity contribution in [2.75, 3.05) is 11.9 Å². The van der Waals surface area contributed by atoms with E-state index in [1.165, 1.54) is 36.9 Å². The molecule has 3 rings (SSSR count). The first-order valence-electron chi connectivity index (χ1n) is 7.49. The highest BCUT2D eigenvalue weighted by molar-refractivity contribution is 7.98. The lowest BCUT2D eigenvalue weighted by molar-refractivity contribution is 0.335. The monoisotopic (exact) mass is 277 g/mol. The maximum absolute atomic E-state index is 4.88. The lowest BCUT2D eigenvalue weighted by Gasteiger charge is -2.26. The smallest absolute Gasteiger partial charge is 0.134 e. The van der Waals surface area contributed by atoms with Crippen LogP contribution in [0, 0.1) is 5.92 Å². The third-order valence-corrected chi connectivity index (χ3v) is 5.21. The molecule has 104 valence electrons. The second kappa shape index (κ2) is 5.70. The Hall–Kier alpha value is -0.770. The molecule has 1 N–H and O–H groups in total. The van der Waals surface area contributed by atoms with Gasteiger partial charge < -0.3 is 5.32 Å². The van der Waals surface area contributed by atoms with Crippen LogP contribution >= 0.6 is 11.8 Å². The molecule has 0 amide bonds. The third-order valence-electron chi connectivity index (χ3n) is 4.24. The molecule has 1 aromatic heterocycles. The van der Waals surface area contributed by atoms with Crippen molar-refractivity contribution < 1.29 is 0 Å². The van der Waals surface area contributed by atoms with Gasteiger partial charge >= 0.3 is 0 Å². The van der Waals surface area contributed by atoms with Gasteiger partial charge in [0.2, 0.25) is 0 Å². The fourth-order valence-electron chi connectivity index (χ4n) is 3.24. The number of hydrogen-bond acceptors (Lipinski definition) is 4. The van der Waals surface area contributed by atoms with Gasteiger partial charge in [0.25, 0.3) is 0 Å². The molecule has 2 unspecified atom stereocenters. The quantitative estimate of drug-likeness (QED) is 0.908. The van der Waals surface area contributed by atoms with E-state index >= 15 is 0 Å².